The van der Waals surface area contributed by atoms with E-state index in [1.54, 1.807) is 0 Å². The molecule has 0 bridgehead atoms. The maximum absolute atomic E-state index is 10.6. The molecule has 2 rings (SSSR count). The van der Waals surface area contributed by atoms with Crippen molar-refractivity contribution in [3.63, 3.8) is 0 Å². The van der Waals surface area contributed by atoms with Crippen LogP contribution in [-0.4, -0.2) is 43.0 Å². The predicted octanol–water partition coefficient (Wildman–Crippen LogP) is 3.81. The summed E-state index contributed by atoms with van der Waals surface area (Å²) in [5.41, 5.74) is 2.90. The number of anilines is 1. The second-order valence-electron chi connectivity index (χ2n) is 7.51. The molecule has 1 N–H and O–H groups in total. The van der Waals surface area contributed by atoms with Crippen LogP contribution in [0.15, 0.2) is 24.3 Å². The molecule has 4 heteroatoms. The molecule has 1 aliphatic rings. The molecule has 23 heavy (non-hydrogen) atoms. The number of aliphatic carboxylic acids is 1. The Labute approximate surface area is 152 Å². The third-order valence-corrected chi connectivity index (χ3v) is 4.72. The first kappa shape index (κ1) is 20.1. The van der Waals surface area contributed by atoms with Gasteiger partial charge in [0.25, 0.3) is 0 Å². The average molecular weight is 311 g/mol. The van der Waals surface area contributed by atoms with Crippen LogP contribution in [0.1, 0.15) is 58.4 Å². The van der Waals surface area contributed by atoms with Crippen molar-refractivity contribution in [1.82, 2.24) is 0 Å². The Morgan fingerprint density at radius 3 is 2.22 bits per heavy atom. The van der Waals surface area contributed by atoms with E-state index in [0.717, 1.165) is 25.9 Å². The molecule has 124 valence electrons. The Morgan fingerprint density at radius 1 is 1.17 bits per heavy atom. The summed E-state index contributed by atoms with van der Waals surface area (Å²) in [6.45, 7) is 8.90. The van der Waals surface area contributed by atoms with Crippen LogP contribution in [0.5, 0.6) is 0 Å². The molecule has 0 spiro atoms. The van der Waals surface area contributed by atoms with Crippen LogP contribution in [0.25, 0.3) is 0 Å². The molecule has 0 unspecified atom stereocenters. The number of piperidine rings is 1. The molecular weight excluding hydrogens is 281 g/mol. The van der Waals surface area contributed by atoms with E-state index in [-0.39, 0.29) is 24.3 Å². The molecule has 1 saturated heterocycles. The number of rotatable bonds is 5. The van der Waals surface area contributed by atoms with Gasteiger partial charge in [0, 0.05) is 25.2 Å². The van der Waals surface area contributed by atoms with Crippen LogP contribution in [0.2, 0.25) is 0 Å². The van der Waals surface area contributed by atoms with Gasteiger partial charge in [0.15, 0.2) is 0 Å². The number of carboxylic acids is 1. The Kier molecular flexibility index (Phi) is 7.71. The Hall–Kier alpha value is -0.913. The molecule has 1 aliphatic heterocycles. The van der Waals surface area contributed by atoms with Gasteiger partial charge in [-0.25, -0.2) is 0 Å². The Morgan fingerprint density at radius 2 is 1.74 bits per heavy atom. The zero-order chi connectivity index (χ0) is 16.2. The summed E-state index contributed by atoms with van der Waals surface area (Å²) in [5.74, 6) is 0.0285. The van der Waals surface area contributed by atoms with Crippen LogP contribution in [0.3, 0.4) is 0 Å². The summed E-state index contributed by atoms with van der Waals surface area (Å²) < 4.78 is 0. The van der Waals surface area contributed by atoms with E-state index < -0.39 is 5.97 Å². The van der Waals surface area contributed by atoms with Gasteiger partial charge in [0.1, 0.15) is 0 Å². The molecule has 0 atom stereocenters. The maximum atomic E-state index is 10.6. The molecule has 0 aromatic heterocycles. The fourth-order valence-electron chi connectivity index (χ4n) is 3.19. The zero-order valence-corrected chi connectivity index (χ0v) is 14.1. The van der Waals surface area contributed by atoms with Gasteiger partial charge >= 0.3 is 24.8 Å². The normalized spacial score (nSPS) is 16.0. The molecule has 1 aromatic carbocycles. The summed E-state index contributed by atoms with van der Waals surface area (Å²) >= 11 is 0. The third kappa shape index (κ3) is 6.24. The average Bonchev–Trinajstić information content (AvgIpc) is 2.47. The molecule has 3 nitrogen and oxygen atoms in total. The summed E-state index contributed by atoms with van der Waals surface area (Å²) in [4.78, 5) is 13.0. The first-order valence-corrected chi connectivity index (χ1v) is 8.43. The molecule has 1 heterocycles. The van der Waals surface area contributed by atoms with Gasteiger partial charge in [-0.1, -0.05) is 32.9 Å². The first-order chi connectivity index (χ1) is 10.4. The van der Waals surface area contributed by atoms with E-state index >= 15 is 0 Å². The van der Waals surface area contributed by atoms with Crippen molar-refractivity contribution < 1.29 is 9.90 Å². The second-order valence-corrected chi connectivity index (χ2v) is 7.51. The standard InChI is InChI=1S/C19H29NO2.Li.H/c1-19(2,3)16-7-9-17(10-8-16)20-13-11-15(12-14-20)5-4-6-18(21)22;;/h7-10,15H,4-6,11-14H2,1-3H3,(H,21,22);;. The molecule has 0 aliphatic carbocycles. The monoisotopic (exact) mass is 311 g/mol. The van der Waals surface area contributed by atoms with Gasteiger partial charge < -0.3 is 10.0 Å². The number of hydrogen-bond acceptors (Lipinski definition) is 2. The van der Waals surface area contributed by atoms with Crippen LogP contribution in [0, 0.1) is 5.92 Å². The number of carboxylic acid groups (broad SMARTS) is 1. The fraction of sp³-hybridized carbons (Fsp3) is 0.632. The molecule has 1 fully saturated rings. The van der Waals surface area contributed by atoms with Crippen molar-refractivity contribution in [1.29, 1.82) is 0 Å². The second kappa shape index (κ2) is 8.80. The summed E-state index contributed by atoms with van der Waals surface area (Å²) in [6.07, 6.45) is 4.55. The Bertz CT molecular complexity index is 485. The van der Waals surface area contributed by atoms with Crippen LogP contribution in [0.4, 0.5) is 5.69 Å². The van der Waals surface area contributed by atoms with Crippen molar-refractivity contribution in [2.24, 2.45) is 5.92 Å². The van der Waals surface area contributed by atoms with E-state index in [2.05, 4.69) is 49.9 Å². The van der Waals surface area contributed by atoms with Gasteiger partial charge in [-0.2, -0.15) is 0 Å². The zero-order valence-electron chi connectivity index (χ0n) is 14.1. The molecule has 0 saturated carbocycles. The van der Waals surface area contributed by atoms with Crippen molar-refractivity contribution >= 4 is 30.5 Å². The van der Waals surface area contributed by atoms with Gasteiger partial charge in [0.05, 0.1) is 0 Å². The SMILES string of the molecule is CC(C)(C)c1ccc(N2CCC(CCCC(=O)O)CC2)cc1.[LiH]. The van der Waals surface area contributed by atoms with Gasteiger partial charge in [0.2, 0.25) is 0 Å². The topological polar surface area (TPSA) is 40.5 Å². The van der Waals surface area contributed by atoms with Crippen LogP contribution in [-0.2, 0) is 10.2 Å². The van der Waals surface area contributed by atoms with E-state index in [1.165, 1.54) is 24.1 Å². The third-order valence-electron chi connectivity index (χ3n) is 4.72. The molecule has 0 radical (unpaired) electrons. The molecule has 0 amide bonds. The summed E-state index contributed by atoms with van der Waals surface area (Å²) in [5, 5.41) is 8.70. The van der Waals surface area contributed by atoms with Crippen molar-refractivity contribution in [3.8, 4) is 0 Å². The predicted molar refractivity (Wildman–Crippen MR) is 98.7 cm³/mol. The molecule has 1 aromatic rings. The summed E-state index contributed by atoms with van der Waals surface area (Å²) in [6, 6.07) is 8.97. The van der Waals surface area contributed by atoms with Crippen LogP contribution >= 0.6 is 0 Å². The first-order valence-electron chi connectivity index (χ1n) is 8.43. The van der Waals surface area contributed by atoms with E-state index in [4.69, 9.17) is 5.11 Å². The van der Waals surface area contributed by atoms with Crippen LogP contribution < -0.4 is 4.90 Å². The number of hydrogen-bond donors (Lipinski definition) is 1. The fourth-order valence-corrected chi connectivity index (χ4v) is 3.19. The quantitative estimate of drug-likeness (QED) is 0.841. The van der Waals surface area contributed by atoms with Gasteiger partial charge in [-0.15, -0.1) is 0 Å². The van der Waals surface area contributed by atoms with Gasteiger partial charge in [-0.05, 0) is 54.7 Å². The minimum absolute atomic E-state index is 0. The van der Waals surface area contributed by atoms with Crippen molar-refractivity contribution in [2.75, 3.05) is 18.0 Å². The van der Waals surface area contributed by atoms with Crippen molar-refractivity contribution in [2.45, 2.75) is 58.3 Å². The van der Waals surface area contributed by atoms with Crippen molar-refractivity contribution in [3.05, 3.63) is 29.8 Å². The number of carbonyl (C=O) groups is 1. The Balaban J connectivity index is 0.00000264. The van der Waals surface area contributed by atoms with E-state index in [0.29, 0.717) is 12.3 Å². The molecular formula is C19H30LiNO2. The minimum atomic E-state index is -0.670. The van der Waals surface area contributed by atoms with Gasteiger partial charge in [-0.3, -0.25) is 4.79 Å². The van der Waals surface area contributed by atoms with E-state index in [1.807, 2.05) is 0 Å². The number of nitrogens with zero attached hydrogens (tertiary/aromatic N) is 1. The summed E-state index contributed by atoms with van der Waals surface area (Å²) in [7, 11) is 0. The number of benzene rings is 1. The van der Waals surface area contributed by atoms with E-state index in [9.17, 15) is 4.79 Å².